The number of hydrogen-bond acceptors (Lipinski definition) is 2. The first-order valence-corrected chi connectivity index (χ1v) is 8.29. The van der Waals surface area contributed by atoms with Crippen LogP contribution in [0.1, 0.15) is 25.0 Å². The normalized spacial score (nSPS) is 10.2. The van der Waals surface area contributed by atoms with Crippen molar-refractivity contribution in [2.45, 2.75) is 26.7 Å². The maximum Gasteiger partial charge on any atom is 0.0917 e. The maximum atomic E-state index is 5.46. The van der Waals surface area contributed by atoms with Crippen LogP contribution in [0.3, 0.4) is 0 Å². The highest BCUT2D eigenvalue weighted by atomic mass is 16.5. The van der Waals surface area contributed by atoms with Crippen molar-refractivity contribution in [1.29, 1.82) is 0 Å². The molecule has 2 rings (SSSR count). The molecule has 2 aromatic carbocycles. The number of rotatable bonds is 9. The number of allylic oxidation sites excluding steroid dienone is 2. The van der Waals surface area contributed by atoms with Crippen LogP contribution in [0.5, 0.6) is 0 Å². The summed E-state index contributed by atoms with van der Waals surface area (Å²) < 4.78 is 10.9. The first-order chi connectivity index (χ1) is 11.5. The van der Waals surface area contributed by atoms with Crippen LogP contribution in [0.25, 0.3) is 11.1 Å². The largest absolute Gasteiger partial charge is 0.499 e. The first-order valence-electron chi connectivity index (χ1n) is 8.29. The summed E-state index contributed by atoms with van der Waals surface area (Å²) in [6.45, 7) is 12.6. The van der Waals surface area contributed by atoms with Crippen LogP contribution in [0.15, 0.2) is 73.2 Å². The zero-order valence-corrected chi connectivity index (χ0v) is 14.7. The lowest BCUT2D eigenvalue weighted by atomic mass is 9.99. The van der Waals surface area contributed by atoms with Gasteiger partial charge in [0.15, 0.2) is 0 Å². The summed E-state index contributed by atoms with van der Waals surface area (Å²) in [5, 5.41) is 0. The van der Waals surface area contributed by atoms with E-state index >= 15 is 0 Å². The van der Waals surface area contributed by atoms with E-state index in [1.165, 1.54) is 22.3 Å². The summed E-state index contributed by atoms with van der Waals surface area (Å²) in [4.78, 5) is 0. The van der Waals surface area contributed by atoms with Gasteiger partial charge in [-0.1, -0.05) is 61.7 Å². The Morgan fingerprint density at radius 1 is 0.750 bits per heavy atom. The molecule has 2 heteroatoms. The van der Waals surface area contributed by atoms with E-state index in [1.54, 1.807) is 0 Å². The molecule has 0 fully saturated rings. The van der Waals surface area contributed by atoms with Gasteiger partial charge in [0.1, 0.15) is 0 Å². The Bertz CT molecular complexity index is 639. The van der Waals surface area contributed by atoms with E-state index in [0.29, 0.717) is 13.2 Å². The monoisotopic (exact) mass is 322 g/mol. The molecule has 0 heterocycles. The molecule has 0 amide bonds. The molecule has 126 valence electrons. The highest BCUT2D eigenvalue weighted by Gasteiger charge is 2.02. The van der Waals surface area contributed by atoms with E-state index in [1.807, 2.05) is 13.8 Å². The molecule has 24 heavy (non-hydrogen) atoms. The van der Waals surface area contributed by atoms with Gasteiger partial charge in [0.2, 0.25) is 0 Å². The molecule has 0 unspecified atom stereocenters. The van der Waals surface area contributed by atoms with E-state index in [4.69, 9.17) is 9.47 Å². The smallest absolute Gasteiger partial charge is 0.0917 e. The van der Waals surface area contributed by atoms with E-state index in [-0.39, 0.29) is 0 Å². The second-order valence-electron chi connectivity index (χ2n) is 6.00. The van der Waals surface area contributed by atoms with Crippen molar-refractivity contribution in [3.05, 3.63) is 84.3 Å². The summed E-state index contributed by atoms with van der Waals surface area (Å²) in [6.07, 6.45) is 1.76. The fourth-order valence-electron chi connectivity index (χ4n) is 2.50. The van der Waals surface area contributed by atoms with E-state index in [2.05, 4.69) is 61.7 Å². The van der Waals surface area contributed by atoms with Gasteiger partial charge >= 0.3 is 0 Å². The third-order valence-corrected chi connectivity index (χ3v) is 3.67. The van der Waals surface area contributed by atoms with Crippen molar-refractivity contribution >= 4 is 0 Å². The van der Waals surface area contributed by atoms with Crippen molar-refractivity contribution in [3.63, 3.8) is 0 Å². The van der Waals surface area contributed by atoms with Gasteiger partial charge in [-0.2, -0.15) is 0 Å². The second kappa shape index (κ2) is 8.97. The predicted molar refractivity (Wildman–Crippen MR) is 101 cm³/mol. The fourth-order valence-corrected chi connectivity index (χ4v) is 2.50. The van der Waals surface area contributed by atoms with Crippen LogP contribution in [-0.4, -0.2) is 13.2 Å². The lowest BCUT2D eigenvalue weighted by molar-refractivity contribution is 0.219. The van der Waals surface area contributed by atoms with Crippen LogP contribution in [0, 0.1) is 0 Å². The highest BCUT2D eigenvalue weighted by molar-refractivity contribution is 5.65. The maximum absolute atomic E-state index is 5.46. The van der Waals surface area contributed by atoms with Gasteiger partial charge in [0.25, 0.3) is 0 Å². The third-order valence-electron chi connectivity index (χ3n) is 3.67. The minimum Gasteiger partial charge on any atom is -0.499 e. The van der Waals surface area contributed by atoms with Gasteiger partial charge in [0, 0.05) is 12.8 Å². The molecule has 0 atom stereocenters. The van der Waals surface area contributed by atoms with Crippen molar-refractivity contribution < 1.29 is 9.47 Å². The van der Waals surface area contributed by atoms with Crippen molar-refractivity contribution in [2.24, 2.45) is 0 Å². The fraction of sp³-hybridized carbons (Fsp3) is 0.273. The molecule has 2 aromatic rings. The predicted octanol–water partition coefficient (Wildman–Crippen LogP) is 5.54. The zero-order chi connectivity index (χ0) is 17.4. The SMILES string of the molecule is C=C(C)OCCc1cccc(-c2cccc(CCOC(=C)C)c2)c1. The minimum atomic E-state index is 0.664. The summed E-state index contributed by atoms with van der Waals surface area (Å²) in [5.74, 6) is 1.52. The van der Waals surface area contributed by atoms with Gasteiger partial charge in [-0.05, 0) is 36.1 Å². The van der Waals surface area contributed by atoms with Gasteiger partial charge < -0.3 is 9.47 Å². The quantitative estimate of drug-likeness (QED) is 0.564. The topological polar surface area (TPSA) is 18.5 Å². The Labute approximate surface area is 145 Å². The molecule has 0 bridgehead atoms. The molecule has 0 radical (unpaired) electrons. The average molecular weight is 322 g/mol. The summed E-state index contributed by atoms with van der Waals surface area (Å²) in [5.41, 5.74) is 4.99. The standard InChI is InChI=1S/C22H26O2/c1-17(2)23-13-11-19-7-5-9-21(15-19)22-10-6-8-20(16-22)12-14-24-18(3)4/h5-10,15-16H,1,3,11-14H2,2,4H3. The molecule has 0 saturated heterocycles. The summed E-state index contributed by atoms with van der Waals surface area (Å²) >= 11 is 0. The zero-order valence-electron chi connectivity index (χ0n) is 14.7. The van der Waals surface area contributed by atoms with Crippen LogP contribution in [0.4, 0.5) is 0 Å². The molecule has 0 aliphatic rings. The van der Waals surface area contributed by atoms with E-state index < -0.39 is 0 Å². The van der Waals surface area contributed by atoms with Crippen molar-refractivity contribution in [3.8, 4) is 11.1 Å². The molecule has 0 saturated carbocycles. The molecular formula is C22H26O2. The van der Waals surface area contributed by atoms with Crippen molar-refractivity contribution in [2.75, 3.05) is 13.2 Å². The van der Waals surface area contributed by atoms with E-state index in [0.717, 1.165) is 24.4 Å². The second-order valence-corrected chi connectivity index (χ2v) is 6.00. The lowest BCUT2D eigenvalue weighted by Crippen LogP contribution is -1.97. The van der Waals surface area contributed by atoms with Crippen LogP contribution >= 0.6 is 0 Å². The Morgan fingerprint density at radius 2 is 1.17 bits per heavy atom. The molecule has 0 spiro atoms. The average Bonchev–Trinajstić information content (AvgIpc) is 2.55. The molecular weight excluding hydrogens is 296 g/mol. The van der Waals surface area contributed by atoms with Gasteiger partial charge in [-0.15, -0.1) is 0 Å². The first kappa shape index (κ1) is 17.9. The Balaban J connectivity index is 2.05. The van der Waals surface area contributed by atoms with E-state index in [9.17, 15) is 0 Å². The number of benzene rings is 2. The number of ether oxygens (including phenoxy) is 2. The number of hydrogen-bond donors (Lipinski definition) is 0. The molecule has 0 aliphatic heterocycles. The summed E-state index contributed by atoms with van der Waals surface area (Å²) in [6, 6.07) is 17.2. The van der Waals surface area contributed by atoms with Crippen LogP contribution in [-0.2, 0) is 22.3 Å². The van der Waals surface area contributed by atoms with Gasteiger partial charge in [0.05, 0.1) is 24.7 Å². The summed E-state index contributed by atoms with van der Waals surface area (Å²) in [7, 11) is 0. The van der Waals surface area contributed by atoms with Gasteiger partial charge in [-0.3, -0.25) is 0 Å². The Kier molecular flexibility index (Phi) is 6.68. The molecule has 0 aromatic heterocycles. The Hall–Kier alpha value is -2.48. The minimum absolute atomic E-state index is 0.664. The molecule has 2 nitrogen and oxygen atoms in total. The Morgan fingerprint density at radius 3 is 1.54 bits per heavy atom. The van der Waals surface area contributed by atoms with Gasteiger partial charge in [-0.25, -0.2) is 0 Å². The van der Waals surface area contributed by atoms with Crippen LogP contribution in [0.2, 0.25) is 0 Å². The lowest BCUT2D eigenvalue weighted by Gasteiger charge is -2.09. The van der Waals surface area contributed by atoms with Crippen molar-refractivity contribution in [1.82, 2.24) is 0 Å². The molecule has 0 aliphatic carbocycles. The van der Waals surface area contributed by atoms with Crippen LogP contribution < -0.4 is 0 Å². The third kappa shape index (κ3) is 5.96. The molecule has 0 N–H and O–H groups in total. The highest BCUT2D eigenvalue weighted by Crippen LogP contribution is 2.22.